The molecule has 0 spiro atoms. The van der Waals surface area contributed by atoms with Gasteiger partial charge in [-0.2, -0.15) is 0 Å². The number of nitrogens with two attached hydrogens (primary N) is 1. The molecule has 1 aromatic heterocycles. The van der Waals surface area contributed by atoms with E-state index in [2.05, 4.69) is 20.9 Å². The lowest BCUT2D eigenvalue weighted by atomic mass is 10.1. The lowest BCUT2D eigenvalue weighted by Gasteiger charge is -2.12. The predicted molar refractivity (Wildman–Crippen MR) is 85.4 cm³/mol. The Morgan fingerprint density at radius 3 is 2.70 bits per heavy atom. The van der Waals surface area contributed by atoms with Crippen LogP contribution in [0.25, 0.3) is 10.8 Å². The number of fused-ring (bicyclic) bond motifs is 1. The first-order valence-corrected chi connectivity index (χ1v) is 7.07. The second-order valence-electron chi connectivity index (χ2n) is 4.25. The molecule has 2 N–H and O–H groups in total. The van der Waals surface area contributed by atoms with E-state index in [0.29, 0.717) is 22.2 Å². The number of ether oxygens (including phenoxy) is 1. The van der Waals surface area contributed by atoms with Crippen LogP contribution in [-0.4, -0.2) is 4.98 Å². The van der Waals surface area contributed by atoms with Crippen LogP contribution in [0.3, 0.4) is 0 Å². The quantitative estimate of drug-likeness (QED) is 0.660. The summed E-state index contributed by atoms with van der Waals surface area (Å²) in [7, 11) is 0. The molecule has 0 radical (unpaired) electrons. The van der Waals surface area contributed by atoms with Gasteiger partial charge >= 0.3 is 0 Å². The minimum atomic E-state index is 0.590. The van der Waals surface area contributed by atoms with Crippen molar-refractivity contribution in [2.75, 3.05) is 5.73 Å². The molecule has 3 aromatic rings. The number of anilines is 1. The van der Waals surface area contributed by atoms with Crippen molar-refractivity contribution in [3.8, 4) is 11.5 Å². The Kier molecular flexibility index (Phi) is 3.51. The van der Waals surface area contributed by atoms with Gasteiger partial charge in [0.05, 0.1) is 10.2 Å². The maximum atomic E-state index is 6.15. The fourth-order valence-corrected chi connectivity index (χ4v) is 2.70. The second kappa shape index (κ2) is 5.31. The molecule has 0 atom stereocenters. The van der Waals surface area contributed by atoms with E-state index in [1.54, 1.807) is 30.6 Å². The van der Waals surface area contributed by atoms with Crippen molar-refractivity contribution in [3.63, 3.8) is 0 Å². The van der Waals surface area contributed by atoms with Crippen molar-refractivity contribution in [1.82, 2.24) is 4.98 Å². The highest BCUT2D eigenvalue weighted by molar-refractivity contribution is 9.10. The molecular formula is C15H10BrClN2O. The Hall–Kier alpha value is -1.78. The summed E-state index contributed by atoms with van der Waals surface area (Å²) in [4.78, 5) is 4.07. The average molecular weight is 350 g/mol. The molecule has 3 nitrogen and oxygen atoms in total. The first-order valence-electron chi connectivity index (χ1n) is 5.90. The van der Waals surface area contributed by atoms with Crippen molar-refractivity contribution in [2.24, 2.45) is 0 Å². The van der Waals surface area contributed by atoms with Crippen LogP contribution in [-0.2, 0) is 0 Å². The van der Waals surface area contributed by atoms with Crippen LogP contribution in [0.5, 0.6) is 11.5 Å². The molecular weight excluding hydrogens is 340 g/mol. The van der Waals surface area contributed by atoms with Gasteiger partial charge in [0.1, 0.15) is 5.75 Å². The molecule has 0 aliphatic heterocycles. The lowest BCUT2D eigenvalue weighted by molar-refractivity contribution is 0.482. The lowest BCUT2D eigenvalue weighted by Crippen LogP contribution is -1.94. The molecule has 0 fully saturated rings. The summed E-state index contributed by atoms with van der Waals surface area (Å²) in [5, 5.41) is 2.54. The molecule has 0 bridgehead atoms. The highest BCUT2D eigenvalue weighted by atomic mass is 79.9. The van der Waals surface area contributed by atoms with Crippen molar-refractivity contribution >= 4 is 44.0 Å². The normalized spacial score (nSPS) is 10.7. The minimum Gasteiger partial charge on any atom is -0.454 e. The van der Waals surface area contributed by atoms with E-state index in [4.69, 9.17) is 22.1 Å². The smallest absolute Gasteiger partial charge is 0.151 e. The Bertz CT molecular complexity index is 792. The van der Waals surface area contributed by atoms with Crippen LogP contribution >= 0.6 is 27.5 Å². The third kappa shape index (κ3) is 2.44. The summed E-state index contributed by atoms with van der Waals surface area (Å²) in [6, 6.07) is 11.0. The summed E-state index contributed by atoms with van der Waals surface area (Å²) in [6.45, 7) is 0. The van der Waals surface area contributed by atoms with Crippen molar-refractivity contribution in [2.45, 2.75) is 0 Å². The molecule has 3 rings (SSSR count). The van der Waals surface area contributed by atoms with E-state index >= 15 is 0 Å². The SMILES string of the molecule is Nc1c(Oc2ccc(Cl)cc2Br)ccc2cnccc12. The van der Waals surface area contributed by atoms with E-state index in [1.165, 1.54) is 0 Å². The van der Waals surface area contributed by atoms with Crippen LogP contribution < -0.4 is 10.5 Å². The van der Waals surface area contributed by atoms with Gasteiger partial charge in [0, 0.05) is 28.2 Å². The van der Waals surface area contributed by atoms with E-state index in [9.17, 15) is 0 Å². The van der Waals surface area contributed by atoms with Crippen LogP contribution in [0.15, 0.2) is 53.3 Å². The number of nitrogens with zero attached hydrogens (tertiary/aromatic N) is 1. The monoisotopic (exact) mass is 348 g/mol. The summed E-state index contributed by atoms with van der Waals surface area (Å²) in [5.74, 6) is 1.27. The van der Waals surface area contributed by atoms with Crippen molar-refractivity contribution in [1.29, 1.82) is 0 Å². The number of aromatic nitrogens is 1. The van der Waals surface area contributed by atoms with E-state index < -0.39 is 0 Å². The van der Waals surface area contributed by atoms with Gasteiger partial charge in [0.15, 0.2) is 5.75 Å². The molecule has 0 saturated carbocycles. The van der Waals surface area contributed by atoms with Gasteiger partial charge in [-0.15, -0.1) is 0 Å². The number of hydrogen-bond donors (Lipinski definition) is 1. The molecule has 0 unspecified atom stereocenters. The molecule has 100 valence electrons. The summed E-state index contributed by atoms with van der Waals surface area (Å²) in [5.41, 5.74) is 6.74. The zero-order valence-electron chi connectivity index (χ0n) is 10.3. The summed E-state index contributed by atoms with van der Waals surface area (Å²) >= 11 is 9.33. The second-order valence-corrected chi connectivity index (χ2v) is 5.54. The zero-order chi connectivity index (χ0) is 14.1. The standard InChI is InChI=1S/C15H10BrClN2O/c16-12-7-10(17)2-4-13(12)20-14-3-1-9-8-19-6-5-11(9)15(14)18/h1-8H,18H2. The van der Waals surface area contributed by atoms with E-state index in [1.807, 2.05) is 18.2 Å². The Balaban J connectivity index is 2.04. The Morgan fingerprint density at radius 2 is 1.90 bits per heavy atom. The van der Waals surface area contributed by atoms with Crippen LogP contribution in [0.1, 0.15) is 0 Å². The van der Waals surface area contributed by atoms with Crippen LogP contribution in [0, 0.1) is 0 Å². The first-order chi connectivity index (χ1) is 9.65. The van der Waals surface area contributed by atoms with Gasteiger partial charge < -0.3 is 10.5 Å². The van der Waals surface area contributed by atoms with Gasteiger partial charge in [0.2, 0.25) is 0 Å². The third-order valence-electron chi connectivity index (χ3n) is 2.94. The number of benzene rings is 2. The molecule has 0 amide bonds. The molecule has 2 aromatic carbocycles. The number of hydrogen-bond acceptors (Lipinski definition) is 3. The maximum Gasteiger partial charge on any atom is 0.151 e. The number of rotatable bonds is 2. The van der Waals surface area contributed by atoms with Gasteiger partial charge in [-0.05, 0) is 52.3 Å². The largest absolute Gasteiger partial charge is 0.454 e. The highest BCUT2D eigenvalue weighted by Gasteiger charge is 2.09. The van der Waals surface area contributed by atoms with Crippen molar-refractivity contribution < 1.29 is 4.74 Å². The summed E-state index contributed by atoms with van der Waals surface area (Å²) in [6.07, 6.45) is 3.48. The van der Waals surface area contributed by atoms with Gasteiger partial charge in [0.25, 0.3) is 0 Å². The molecule has 0 aliphatic rings. The fourth-order valence-electron chi connectivity index (χ4n) is 1.94. The number of halogens is 2. The van der Waals surface area contributed by atoms with Crippen molar-refractivity contribution in [3.05, 3.63) is 58.3 Å². The molecule has 20 heavy (non-hydrogen) atoms. The molecule has 0 aliphatic carbocycles. The fraction of sp³-hybridized carbons (Fsp3) is 0. The average Bonchev–Trinajstić information content (AvgIpc) is 2.45. The number of nitrogen functional groups attached to an aromatic ring is 1. The Labute approximate surface area is 129 Å². The van der Waals surface area contributed by atoms with Gasteiger partial charge in [-0.1, -0.05) is 11.6 Å². The molecule has 0 saturated heterocycles. The molecule has 1 heterocycles. The third-order valence-corrected chi connectivity index (χ3v) is 3.79. The van der Waals surface area contributed by atoms with Crippen LogP contribution in [0.2, 0.25) is 5.02 Å². The number of pyridine rings is 1. The summed E-state index contributed by atoms with van der Waals surface area (Å²) < 4.78 is 6.63. The molecule has 5 heteroatoms. The predicted octanol–water partition coefficient (Wildman–Crippen LogP) is 5.03. The van der Waals surface area contributed by atoms with E-state index in [0.717, 1.165) is 15.2 Å². The Morgan fingerprint density at radius 1 is 1.10 bits per heavy atom. The van der Waals surface area contributed by atoms with E-state index in [-0.39, 0.29) is 0 Å². The topological polar surface area (TPSA) is 48.1 Å². The van der Waals surface area contributed by atoms with Crippen LogP contribution in [0.4, 0.5) is 5.69 Å². The maximum absolute atomic E-state index is 6.15. The highest BCUT2D eigenvalue weighted by Crippen LogP contribution is 2.37. The van der Waals surface area contributed by atoms with Gasteiger partial charge in [-0.25, -0.2) is 0 Å². The van der Waals surface area contributed by atoms with Gasteiger partial charge in [-0.3, -0.25) is 4.98 Å². The minimum absolute atomic E-state index is 0.590. The first kappa shape index (κ1) is 13.2. The zero-order valence-corrected chi connectivity index (χ0v) is 12.6.